The molecular weight excluding hydrogens is 531 g/mol. The highest BCUT2D eigenvalue weighted by Crippen LogP contribution is 2.57. The van der Waals surface area contributed by atoms with Gasteiger partial charge in [-0.05, 0) is 81.2 Å². The first-order valence-corrected chi connectivity index (χ1v) is 16.0. The van der Waals surface area contributed by atoms with Gasteiger partial charge in [-0.25, -0.2) is 12.8 Å². The van der Waals surface area contributed by atoms with Crippen LogP contribution in [-0.2, 0) is 14.8 Å². The van der Waals surface area contributed by atoms with E-state index in [1.165, 1.54) is 15.5 Å². The topological polar surface area (TPSA) is 90.0 Å². The number of sulfonamides is 1. The van der Waals surface area contributed by atoms with Crippen molar-refractivity contribution in [1.29, 1.82) is 0 Å². The van der Waals surface area contributed by atoms with E-state index in [4.69, 9.17) is 0 Å². The van der Waals surface area contributed by atoms with Crippen molar-refractivity contribution in [2.75, 3.05) is 46.0 Å². The number of unbranched alkanes of at least 4 members (excludes halogenated alkanes) is 1. The third-order valence-corrected chi connectivity index (χ3v) is 10.2. The van der Waals surface area contributed by atoms with Gasteiger partial charge < -0.3 is 15.1 Å². The number of halogens is 1. The largest absolute Gasteiger partial charge is 0.338 e. The Morgan fingerprint density at radius 1 is 1.12 bits per heavy atom. The molecule has 1 aromatic carbocycles. The third-order valence-electron chi connectivity index (χ3n) is 8.94. The molecule has 2 unspecified atom stereocenters. The van der Waals surface area contributed by atoms with E-state index in [1.54, 1.807) is 48.4 Å². The highest BCUT2D eigenvalue weighted by Gasteiger charge is 2.57. The fourth-order valence-electron chi connectivity index (χ4n) is 6.20. The van der Waals surface area contributed by atoms with Crippen LogP contribution in [0, 0.1) is 11.3 Å². The van der Waals surface area contributed by atoms with E-state index in [0.29, 0.717) is 37.4 Å². The lowest BCUT2D eigenvalue weighted by molar-refractivity contribution is -0.137. The van der Waals surface area contributed by atoms with Gasteiger partial charge >= 0.3 is 0 Å². The molecule has 1 aromatic rings. The number of amides is 2. The van der Waals surface area contributed by atoms with Crippen molar-refractivity contribution in [2.45, 2.75) is 57.5 Å². The molecule has 2 fully saturated rings. The van der Waals surface area contributed by atoms with Crippen LogP contribution in [-0.4, -0.2) is 91.9 Å². The molecule has 1 N–H and O–H groups in total. The molecule has 8 nitrogen and oxygen atoms in total. The summed E-state index contributed by atoms with van der Waals surface area (Å²) >= 11 is 0. The molecule has 0 spiro atoms. The number of likely N-dealkylation sites (N-methyl/N-ethyl adjacent to an activating group) is 1. The number of hydrogen-bond acceptors (Lipinski definition) is 5. The maximum absolute atomic E-state index is 13.7. The summed E-state index contributed by atoms with van der Waals surface area (Å²) in [7, 11) is -1.63. The Bertz CT molecular complexity index is 1250. The van der Waals surface area contributed by atoms with Crippen LogP contribution in [0.15, 0.2) is 54.4 Å². The first-order valence-electron chi connectivity index (χ1n) is 14.2. The number of benzene rings is 1. The molecule has 2 aliphatic carbocycles. The van der Waals surface area contributed by atoms with Crippen LogP contribution < -0.4 is 5.32 Å². The summed E-state index contributed by atoms with van der Waals surface area (Å²) in [5, 5.41) is 3.69. The number of nitrogens with zero attached hydrogens (tertiary/aromatic N) is 3. The third kappa shape index (κ3) is 7.01. The van der Waals surface area contributed by atoms with Crippen LogP contribution in [0.4, 0.5) is 4.39 Å². The first kappa shape index (κ1) is 30.4. The summed E-state index contributed by atoms with van der Waals surface area (Å²) in [6, 6.07) is 8.31. The van der Waals surface area contributed by atoms with Crippen LogP contribution in [0.1, 0.15) is 56.3 Å². The standard InChI is InChI=1S/C30H43FN4O4S/c1-29(15-13-24(31)14-16-29)26-22-30(26,2)32-17-9-8-12-25(33(3)27(36)23-10-6-5-7-11-23)28(37)34-18-20-35(21-19-34)40(4,38)39/h5-7,10-11,13-15,25-26,32H,8-9,12,16-22H2,1-4H3/t25-,26-,29?,30?/m0/s1. The summed E-state index contributed by atoms with van der Waals surface area (Å²) in [6.45, 7) is 6.34. The lowest BCUT2D eigenvalue weighted by Crippen LogP contribution is -2.56. The molecule has 4 rings (SSSR count). The molecule has 0 radical (unpaired) electrons. The van der Waals surface area contributed by atoms with Crippen LogP contribution in [0.25, 0.3) is 0 Å². The molecular formula is C30H43FN4O4S. The molecule has 0 bridgehead atoms. The summed E-state index contributed by atoms with van der Waals surface area (Å²) in [4.78, 5) is 30.1. The van der Waals surface area contributed by atoms with Crippen molar-refractivity contribution in [1.82, 2.24) is 19.4 Å². The van der Waals surface area contributed by atoms with Crippen molar-refractivity contribution in [3.63, 3.8) is 0 Å². The van der Waals surface area contributed by atoms with Crippen molar-refractivity contribution >= 4 is 21.8 Å². The van der Waals surface area contributed by atoms with Crippen LogP contribution in [0.3, 0.4) is 0 Å². The van der Waals surface area contributed by atoms with Crippen LogP contribution >= 0.6 is 0 Å². The van der Waals surface area contributed by atoms with Crippen molar-refractivity contribution in [3.05, 3.63) is 60.0 Å². The van der Waals surface area contributed by atoms with Crippen molar-refractivity contribution < 1.29 is 22.4 Å². The smallest absolute Gasteiger partial charge is 0.254 e. The first-order chi connectivity index (χ1) is 18.8. The number of hydrogen-bond donors (Lipinski definition) is 1. The summed E-state index contributed by atoms with van der Waals surface area (Å²) < 4.78 is 38.7. The van der Waals surface area contributed by atoms with Crippen LogP contribution in [0.5, 0.6) is 0 Å². The lowest BCUT2D eigenvalue weighted by atomic mass is 9.77. The average molecular weight is 575 g/mol. The molecule has 10 heteroatoms. The Labute approximate surface area is 238 Å². The predicted molar refractivity (Wildman–Crippen MR) is 155 cm³/mol. The molecule has 220 valence electrons. The van der Waals surface area contributed by atoms with E-state index in [1.807, 2.05) is 12.1 Å². The van der Waals surface area contributed by atoms with E-state index in [-0.39, 0.29) is 41.7 Å². The number of rotatable bonds is 11. The normalized spacial score (nSPS) is 27.7. The Hall–Kier alpha value is -2.56. The number of nitrogens with one attached hydrogen (secondary N) is 1. The minimum Gasteiger partial charge on any atom is -0.338 e. The second-order valence-electron chi connectivity index (χ2n) is 12.0. The van der Waals surface area contributed by atoms with Gasteiger partial charge in [0.1, 0.15) is 11.9 Å². The molecule has 1 saturated heterocycles. The Morgan fingerprint density at radius 2 is 1.80 bits per heavy atom. The van der Waals surface area contributed by atoms with Crippen molar-refractivity contribution in [2.24, 2.45) is 11.3 Å². The monoisotopic (exact) mass is 574 g/mol. The second-order valence-corrected chi connectivity index (χ2v) is 14.0. The van der Waals surface area contributed by atoms with Gasteiger partial charge in [0.2, 0.25) is 15.9 Å². The Balaban J connectivity index is 1.33. The van der Waals surface area contributed by atoms with Gasteiger partial charge in [-0.3, -0.25) is 9.59 Å². The van der Waals surface area contributed by atoms with Gasteiger partial charge in [0, 0.05) is 44.3 Å². The quantitative estimate of drug-likeness (QED) is 0.408. The molecule has 4 atom stereocenters. The fraction of sp³-hybridized carbons (Fsp3) is 0.600. The van der Waals surface area contributed by atoms with E-state index in [9.17, 15) is 22.4 Å². The zero-order chi connectivity index (χ0) is 29.1. The van der Waals surface area contributed by atoms with Gasteiger partial charge in [-0.2, -0.15) is 4.31 Å². The maximum Gasteiger partial charge on any atom is 0.254 e. The SMILES string of the molecule is CN(C(=O)c1ccccc1)[C@@H](CCCCNC1(C)C[C@H]1C1(C)C=CC(F)=CC1)C(=O)N1CCN(S(C)(=O)=O)CC1. The number of carbonyl (C=O) groups is 2. The lowest BCUT2D eigenvalue weighted by Gasteiger charge is -2.37. The average Bonchev–Trinajstić information content (AvgIpc) is 3.63. The molecule has 40 heavy (non-hydrogen) atoms. The van der Waals surface area contributed by atoms with Gasteiger partial charge in [0.05, 0.1) is 6.26 Å². The number of piperazine rings is 1. The van der Waals surface area contributed by atoms with E-state index >= 15 is 0 Å². The molecule has 0 aromatic heterocycles. The van der Waals surface area contributed by atoms with Gasteiger partial charge in [0.25, 0.3) is 5.91 Å². The van der Waals surface area contributed by atoms with E-state index in [2.05, 4.69) is 19.2 Å². The maximum atomic E-state index is 13.7. The van der Waals surface area contributed by atoms with Gasteiger partial charge in [0.15, 0.2) is 0 Å². The fourth-order valence-corrected chi connectivity index (χ4v) is 7.03. The zero-order valence-electron chi connectivity index (χ0n) is 24.1. The predicted octanol–water partition coefficient (Wildman–Crippen LogP) is 3.59. The molecule has 2 amide bonds. The Morgan fingerprint density at radius 3 is 2.40 bits per heavy atom. The highest BCUT2D eigenvalue weighted by molar-refractivity contribution is 7.88. The number of allylic oxidation sites excluding steroid dienone is 4. The van der Waals surface area contributed by atoms with Gasteiger partial charge in [-0.15, -0.1) is 0 Å². The second kappa shape index (κ2) is 12.1. The minimum atomic E-state index is -3.31. The molecule has 1 heterocycles. The Kier molecular flexibility index (Phi) is 9.21. The highest BCUT2D eigenvalue weighted by atomic mass is 32.2. The number of carbonyl (C=O) groups excluding carboxylic acids is 2. The molecule has 1 saturated carbocycles. The van der Waals surface area contributed by atoms with E-state index in [0.717, 1.165) is 25.8 Å². The zero-order valence-corrected chi connectivity index (χ0v) is 24.9. The summed E-state index contributed by atoms with van der Waals surface area (Å²) in [6.07, 6.45) is 10.3. The summed E-state index contributed by atoms with van der Waals surface area (Å²) in [5.41, 5.74) is 0.491. The summed E-state index contributed by atoms with van der Waals surface area (Å²) in [5.74, 6) is -0.0705. The minimum absolute atomic E-state index is 0.00925. The van der Waals surface area contributed by atoms with Gasteiger partial charge in [-0.1, -0.05) is 31.2 Å². The molecule has 1 aliphatic heterocycles. The molecule has 3 aliphatic rings. The van der Waals surface area contributed by atoms with Crippen LogP contribution in [0.2, 0.25) is 0 Å². The van der Waals surface area contributed by atoms with E-state index < -0.39 is 16.1 Å². The van der Waals surface area contributed by atoms with Crippen molar-refractivity contribution in [3.8, 4) is 0 Å².